The van der Waals surface area contributed by atoms with Gasteiger partial charge in [0.05, 0.1) is 11.1 Å². The van der Waals surface area contributed by atoms with Crippen LogP contribution in [-0.2, 0) is 0 Å². The van der Waals surface area contributed by atoms with Gasteiger partial charge in [-0.1, -0.05) is 30.3 Å². The first-order valence-corrected chi connectivity index (χ1v) is 8.04. The summed E-state index contributed by atoms with van der Waals surface area (Å²) >= 11 is 0. The third kappa shape index (κ3) is 3.87. The molecule has 1 aliphatic carbocycles. The zero-order chi connectivity index (χ0) is 15.8. The number of hydrogen-bond acceptors (Lipinski definition) is 3. The van der Waals surface area contributed by atoms with E-state index in [1.807, 2.05) is 36.4 Å². The predicted molar refractivity (Wildman–Crippen MR) is 107 cm³/mol. The minimum absolute atomic E-state index is 0. The van der Waals surface area contributed by atoms with Crippen LogP contribution in [-0.4, -0.2) is 23.5 Å². The van der Waals surface area contributed by atoms with Crippen molar-refractivity contribution in [3.8, 4) is 0 Å². The second-order valence-electron chi connectivity index (χ2n) is 6.26. The van der Waals surface area contributed by atoms with Crippen molar-refractivity contribution in [3.05, 3.63) is 54.2 Å². The summed E-state index contributed by atoms with van der Waals surface area (Å²) in [6.07, 6.45) is 4.08. The van der Waals surface area contributed by atoms with Crippen molar-refractivity contribution in [2.24, 2.45) is 11.7 Å². The van der Waals surface area contributed by atoms with Crippen LogP contribution in [0.3, 0.4) is 0 Å². The molecule has 3 N–H and O–H groups in total. The van der Waals surface area contributed by atoms with E-state index in [0.29, 0.717) is 18.0 Å². The van der Waals surface area contributed by atoms with Crippen molar-refractivity contribution in [3.63, 3.8) is 0 Å². The third-order valence-corrected chi connectivity index (χ3v) is 4.58. The van der Waals surface area contributed by atoms with E-state index in [4.69, 9.17) is 5.73 Å². The average molecular weight is 378 g/mol. The van der Waals surface area contributed by atoms with Crippen molar-refractivity contribution in [2.45, 2.75) is 18.9 Å². The molecule has 1 atom stereocenters. The highest BCUT2D eigenvalue weighted by Gasteiger charge is 2.28. The molecule has 3 aromatic rings. The first-order valence-electron chi connectivity index (χ1n) is 8.04. The average Bonchev–Trinajstić information content (AvgIpc) is 3.44. The first kappa shape index (κ1) is 19.4. The number of nitrogens with zero attached hydrogens (tertiary/aromatic N) is 1. The molecule has 0 bridgehead atoms. The molecule has 1 fully saturated rings. The number of fused-ring (bicyclic) bond motifs is 3. The van der Waals surface area contributed by atoms with Crippen molar-refractivity contribution >= 4 is 52.4 Å². The van der Waals surface area contributed by atoms with Crippen molar-refractivity contribution in [2.75, 3.05) is 6.54 Å². The monoisotopic (exact) mass is 377 g/mol. The molecule has 1 saturated carbocycles. The molecular formula is C19H21Cl2N3O. The van der Waals surface area contributed by atoms with E-state index in [-0.39, 0.29) is 36.8 Å². The molecule has 4 rings (SSSR count). The maximum Gasteiger partial charge on any atom is 0.253 e. The number of amides is 1. The van der Waals surface area contributed by atoms with Gasteiger partial charge in [-0.2, -0.15) is 0 Å². The summed E-state index contributed by atoms with van der Waals surface area (Å²) in [5.41, 5.74) is 7.43. The van der Waals surface area contributed by atoms with E-state index in [1.165, 1.54) is 12.8 Å². The molecule has 4 nitrogen and oxygen atoms in total. The highest BCUT2D eigenvalue weighted by molar-refractivity contribution is 6.15. The van der Waals surface area contributed by atoms with Gasteiger partial charge in [-0.15, -0.1) is 24.8 Å². The van der Waals surface area contributed by atoms with Crippen LogP contribution in [0.15, 0.2) is 48.7 Å². The van der Waals surface area contributed by atoms with Gasteiger partial charge in [0.15, 0.2) is 0 Å². The summed E-state index contributed by atoms with van der Waals surface area (Å²) in [7, 11) is 0. The number of halogens is 2. The van der Waals surface area contributed by atoms with Crippen LogP contribution in [0.1, 0.15) is 23.2 Å². The molecule has 0 radical (unpaired) electrons. The SMILES string of the molecule is Cl.Cl.NC(CNC(=O)c1cc2ccccc2c2cccnc12)C1CC1. The van der Waals surface area contributed by atoms with Gasteiger partial charge in [-0.25, -0.2) is 0 Å². The number of benzene rings is 2. The van der Waals surface area contributed by atoms with Gasteiger partial charge in [0.2, 0.25) is 0 Å². The Balaban J connectivity index is 0.00000113. The largest absolute Gasteiger partial charge is 0.350 e. The van der Waals surface area contributed by atoms with Crippen LogP contribution in [0.2, 0.25) is 0 Å². The maximum absolute atomic E-state index is 12.6. The molecule has 6 heteroatoms. The minimum Gasteiger partial charge on any atom is -0.350 e. The lowest BCUT2D eigenvalue weighted by Gasteiger charge is -2.13. The molecule has 1 aromatic heterocycles. The second kappa shape index (κ2) is 8.00. The van der Waals surface area contributed by atoms with Gasteiger partial charge in [0, 0.05) is 24.2 Å². The molecule has 1 aliphatic rings. The topological polar surface area (TPSA) is 68.0 Å². The van der Waals surface area contributed by atoms with E-state index in [9.17, 15) is 4.79 Å². The molecule has 25 heavy (non-hydrogen) atoms. The lowest BCUT2D eigenvalue weighted by atomic mass is 10.0. The Bertz CT molecular complexity index is 896. The van der Waals surface area contributed by atoms with Crippen LogP contribution < -0.4 is 11.1 Å². The normalized spacial score (nSPS) is 14.4. The molecule has 1 unspecified atom stereocenters. The zero-order valence-electron chi connectivity index (χ0n) is 13.6. The first-order chi connectivity index (χ1) is 11.2. The molecule has 1 amide bonds. The van der Waals surface area contributed by atoms with Gasteiger partial charge in [-0.3, -0.25) is 9.78 Å². The van der Waals surface area contributed by atoms with Crippen molar-refractivity contribution < 1.29 is 4.79 Å². The molecule has 0 aliphatic heterocycles. The summed E-state index contributed by atoms with van der Waals surface area (Å²) in [5.74, 6) is 0.470. The van der Waals surface area contributed by atoms with Gasteiger partial charge < -0.3 is 11.1 Å². The number of nitrogens with two attached hydrogens (primary N) is 1. The van der Waals surface area contributed by atoms with Crippen LogP contribution in [0.5, 0.6) is 0 Å². The molecule has 132 valence electrons. The van der Waals surface area contributed by atoms with E-state index < -0.39 is 0 Å². The molecule has 0 spiro atoms. The highest BCUT2D eigenvalue weighted by atomic mass is 35.5. The summed E-state index contributed by atoms with van der Waals surface area (Å²) in [6, 6.07) is 14.0. The Hall–Kier alpha value is -1.88. The maximum atomic E-state index is 12.6. The summed E-state index contributed by atoms with van der Waals surface area (Å²) in [4.78, 5) is 17.1. The van der Waals surface area contributed by atoms with E-state index in [2.05, 4.69) is 16.4 Å². The van der Waals surface area contributed by atoms with Crippen LogP contribution in [0, 0.1) is 5.92 Å². The Morgan fingerprint density at radius 1 is 1.16 bits per heavy atom. The highest BCUT2D eigenvalue weighted by Crippen LogP contribution is 2.31. The number of aromatic nitrogens is 1. The Kier molecular flexibility index (Phi) is 6.22. The Morgan fingerprint density at radius 2 is 1.88 bits per heavy atom. The number of carbonyl (C=O) groups excluding carboxylic acids is 1. The molecule has 1 heterocycles. The van der Waals surface area contributed by atoms with Crippen LogP contribution in [0.25, 0.3) is 21.7 Å². The number of nitrogens with one attached hydrogen (secondary N) is 1. The van der Waals surface area contributed by atoms with Crippen molar-refractivity contribution in [1.29, 1.82) is 0 Å². The van der Waals surface area contributed by atoms with E-state index in [1.54, 1.807) is 6.20 Å². The number of pyridine rings is 1. The van der Waals surface area contributed by atoms with Crippen LogP contribution in [0.4, 0.5) is 0 Å². The number of carbonyl (C=O) groups is 1. The molecule has 2 aromatic carbocycles. The van der Waals surface area contributed by atoms with Crippen LogP contribution >= 0.6 is 24.8 Å². The number of hydrogen-bond donors (Lipinski definition) is 2. The fraction of sp³-hybridized carbons (Fsp3) is 0.263. The third-order valence-electron chi connectivity index (χ3n) is 4.58. The van der Waals surface area contributed by atoms with E-state index >= 15 is 0 Å². The summed E-state index contributed by atoms with van der Waals surface area (Å²) < 4.78 is 0. The van der Waals surface area contributed by atoms with Gasteiger partial charge in [0.1, 0.15) is 0 Å². The van der Waals surface area contributed by atoms with Gasteiger partial charge >= 0.3 is 0 Å². The lowest BCUT2D eigenvalue weighted by Crippen LogP contribution is -2.38. The number of rotatable bonds is 4. The fourth-order valence-corrected chi connectivity index (χ4v) is 3.10. The lowest BCUT2D eigenvalue weighted by molar-refractivity contribution is 0.0952. The van der Waals surface area contributed by atoms with Gasteiger partial charge in [-0.05, 0) is 41.7 Å². The smallest absolute Gasteiger partial charge is 0.253 e. The Morgan fingerprint density at radius 3 is 2.64 bits per heavy atom. The standard InChI is InChI=1S/C19H19N3O.2ClH/c20-17(12-7-8-12)11-22-19(23)16-10-13-4-1-2-5-14(13)15-6-3-9-21-18(15)16;;/h1-6,9-10,12,17H,7-8,11,20H2,(H,22,23);2*1H. The molecular weight excluding hydrogens is 357 g/mol. The Labute approximate surface area is 159 Å². The predicted octanol–water partition coefficient (Wildman–Crippen LogP) is 3.70. The second-order valence-corrected chi connectivity index (χ2v) is 6.26. The summed E-state index contributed by atoms with van der Waals surface area (Å²) in [6.45, 7) is 0.519. The van der Waals surface area contributed by atoms with E-state index in [0.717, 1.165) is 21.7 Å². The molecule has 0 saturated heterocycles. The fourth-order valence-electron chi connectivity index (χ4n) is 3.10. The van der Waals surface area contributed by atoms with Crippen molar-refractivity contribution in [1.82, 2.24) is 10.3 Å². The quantitative estimate of drug-likeness (QED) is 0.681. The van der Waals surface area contributed by atoms with Gasteiger partial charge in [0.25, 0.3) is 5.91 Å². The summed E-state index contributed by atoms with van der Waals surface area (Å²) in [5, 5.41) is 6.13. The minimum atomic E-state index is -0.101. The zero-order valence-corrected chi connectivity index (χ0v) is 15.3.